The molecule has 0 fully saturated rings. The van der Waals surface area contributed by atoms with Gasteiger partial charge in [0.05, 0.1) is 0 Å². The number of rotatable bonds is 6. The SMILES string of the molecule is CCN(C[N+](=O)[O-])SCc1ccccc1Cl. The van der Waals surface area contributed by atoms with Crippen molar-refractivity contribution in [1.82, 2.24) is 4.31 Å². The first kappa shape index (κ1) is 13.3. The fourth-order valence-electron chi connectivity index (χ4n) is 1.14. The zero-order chi connectivity index (χ0) is 12.0. The molecule has 0 bridgehead atoms. The van der Waals surface area contributed by atoms with E-state index in [2.05, 4.69) is 0 Å². The molecule has 0 radical (unpaired) electrons. The molecule has 0 saturated carbocycles. The smallest absolute Gasteiger partial charge is 0.263 e. The third kappa shape index (κ3) is 4.38. The molecule has 0 spiro atoms. The molecule has 0 unspecified atom stereocenters. The highest BCUT2D eigenvalue weighted by atomic mass is 35.5. The summed E-state index contributed by atoms with van der Waals surface area (Å²) in [6, 6.07) is 7.52. The van der Waals surface area contributed by atoms with Gasteiger partial charge in [-0.1, -0.05) is 48.7 Å². The molecule has 1 rings (SSSR count). The van der Waals surface area contributed by atoms with Gasteiger partial charge in [-0.25, -0.2) is 0 Å². The Kier molecular flexibility index (Phi) is 5.59. The average Bonchev–Trinajstić information content (AvgIpc) is 2.25. The number of hydrogen-bond acceptors (Lipinski definition) is 4. The molecule has 0 heterocycles. The van der Waals surface area contributed by atoms with Gasteiger partial charge in [0.15, 0.2) is 0 Å². The van der Waals surface area contributed by atoms with Gasteiger partial charge in [-0.3, -0.25) is 10.1 Å². The van der Waals surface area contributed by atoms with Crippen molar-refractivity contribution < 1.29 is 4.92 Å². The lowest BCUT2D eigenvalue weighted by Gasteiger charge is -2.14. The summed E-state index contributed by atoms with van der Waals surface area (Å²) in [6.45, 7) is 2.38. The van der Waals surface area contributed by atoms with E-state index in [1.165, 1.54) is 11.9 Å². The molecular weight excluding hydrogens is 248 g/mol. The molecule has 0 N–H and O–H groups in total. The summed E-state index contributed by atoms with van der Waals surface area (Å²) in [7, 11) is 0. The van der Waals surface area contributed by atoms with E-state index in [1.807, 2.05) is 31.2 Å². The van der Waals surface area contributed by atoms with E-state index in [-0.39, 0.29) is 11.6 Å². The summed E-state index contributed by atoms with van der Waals surface area (Å²) in [5.74, 6) is 0.654. The van der Waals surface area contributed by atoms with Gasteiger partial charge in [-0.15, -0.1) is 0 Å². The molecule has 0 aliphatic heterocycles. The molecule has 1 aromatic rings. The number of halogens is 1. The normalized spacial score (nSPS) is 10.7. The van der Waals surface area contributed by atoms with E-state index in [0.29, 0.717) is 17.3 Å². The monoisotopic (exact) mass is 260 g/mol. The van der Waals surface area contributed by atoms with Crippen LogP contribution in [0, 0.1) is 10.1 Å². The van der Waals surface area contributed by atoms with Crippen LogP contribution in [0.15, 0.2) is 24.3 Å². The third-order valence-electron chi connectivity index (χ3n) is 1.99. The quantitative estimate of drug-likeness (QED) is 0.341. The van der Waals surface area contributed by atoms with E-state index in [1.54, 1.807) is 4.31 Å². The van der Waals surface area contributed by atoms with Crippen LogP contribution in [-0.4, -0.2) is 22.4 Å². The van der Waals surface area contributed by atoms with E-state index in [4.69, 9.17) is 11.6 Å². The maximum atomic E-state index is 10.4. The fraction of sp³-hybridized carbons (Fsp3) is 0.400. The molecule has 0 aliphatic rings. The zero-order valence-corrected chi connectivity index (χ0v) is 10.5. The predicted molar refractivity (Wildman–Crippen MR) is 67.0 cm³/mol. The van der Waals surface area contributed by atoms with E-state index in [0.717, 1.165) is 5.56 Å². The van der Waals surface area contributed by atoms with Crippen molar-refractivity contribution in [2.45, 2.75) is 12.7 Å². The van der Waals surface area contributed by atoms with Gasteiger partial charge in [-0.2, -0.15) is 4.31 Å². The van der Waals surface area contributed by atoms with E-state index >= 15 is 0 Å². The van der Waals surface area contributed by atoms with Crippen molar-refractivity contribution in [3.63, 3.8) is 0 Å². The van der Waals surface area contributed by atoms with Crippen LogP contribution >= 0.6 is 23.5 Å². The summed E-state index contributed by atoms with van der Waals surface area (Å²) in [4.78, 5) is 10.0. The number of benzene rings is 1. The molecule has 0 aliphatic carbocycles. The molecule has 1 aromatic carbocycles. The molecular formula is C10H13ClN2O2S. The minimum atomic E-state index is -0.330. The van der Waals surface area contributed by atoms with Crippen LogP contribution in [0.5, 0.6) is 0 Å². The number of hydrogen-bond donors (Lipinski definition) is 0. The molecule has 16 heavy (non-hydrogen) atoms. The van der Waals surface area contributed by atoms with Crippen molar-refractivity contribution in [1.29, 1.82) is 0 Å². The van der Waals surface area contributed by atoms with E-state index < -0.39 is 0 Å². The van der Waals surface area contributed by atoms with Gasteiger partial charge in [0, 0.05) is 22.2 Å². The van der Waals surface area contributed by atoms with Crippen molar-refractivity contribution in [3.05, 3.63) is 45.0 Å². The minimum absolute atomic E-state index is 0.147. The lowest BCUT2D eigenvalue weighted by Crippen LogP contribution is -2.22. The average molecular weight is 261 g/mol. The highest BCUT2D eigenvalue weighted by molar-refractivity contribution is 7.96. The lowest BCUT2D eigenvalue weighted by molar-refractivity contribution is -0.496. The largest absolute Gasteiger partial charge is 0.268 e. The van der Waals surface area contributed by atoms with Crippen molar-refractivity contribution in [2.24, 2.45) is 0 Å². The Balaban J connectivity index is 2.49. The minimum Gasteiger partial charge on any atom is -0.263 e. The third-order valence-corrected chi connectivity index (χ3v) is 3.53. The Morgan fingerprint density at radius 3 is 2.75 bits per heavy atom. The Morgan fingerprint density at radius 1 is 1.50 bits per heavy atom. The maximum absolute atomic E-state index is 10.4. The molecule has 88 valence electrons. The zero-order valence-electron chi connectivity index (χ0n) is 8.93. The number of nitro groups is 1. The van der Waals surface area contributed by atoms with Gasteiger partial charge < -0.3 is 0 Å². The van der Waals surface area contributed by atoms with Gasteiger partial charge in [0.25, 0.3) is 6.67 Å². The standard InChI is InChI=1S/C10H13ClN2O2S/c1-2-12(8-13(14)15)16-7-9-5-3-4-6-10(9)11/h3-6H,2,7-8H2,1H3. The summed E-state index contributed by atoms with van der Waals surface area (Å²) >= 11 is 7.42. The first-order valence-electron chi connectivity index (χ1n) is 4.86. The van der Waals surface area contributed by atoms with Crippen LogP contribution in [-0.2, 0) is 5.75 Å². The van der Waals surface area contributed by atoms with Crippen LogP contribution < -0.4 is 0 Å². The Hall–Kier alpha value is -0.780. The molecule has 6 heteroatoms. The summed E-state index contributed by atoms with van der Waals surface area (Å²) in [5, 5.41) is 11.1. The van der Waals surface area contributed by atoms with Gasteiger partial charge in [-0.05, 0) is 11.6 Å². The Labute approximate surface area is 104 Å². The van der Waals surface area contributed by atoms with Crippen molar-refractivity contribution in [3.8, 4) is 0 Å². The molecule has 0 aromatic heterocycles. The maximum Gasteiger partial charge on any atom is 0.268 e. The predicted octanol–water partition coefficient (Wildman–Crippen LogP) is 3.04. The van der Waals surface area contributed by atoms with Crippen molar-refractivity contribution in [2.75, 3.05) is 13.2 Å². The van der Waals surface area contributed by atoms with Gasteiger partial charge in [0.2, 0.25) is 0 Å². The molecule has 0 atom stereocenters. The van der Waals surface area contributed by atoms with Crippen LogP contribution in [0.25, 0.3) is 0 Å². The van der Waals surface area contributed by atoms with Gasteiger partial charge >= 0.3 is 0 Å². The van der Waals surface area contributed by atoms with Gasteiger partial charge in [0.1, 0.15) is 0 Å². The topological polar surface area (TPSA) is 46.4 Å². The van der Waals surface area contributed by atoms with Crippen LogP contribution in [0.3, 0.4) is 0 Å². The summed E-state index contributed by atoms with van der Waals surface area (Å²) in [6.07, 6.45) is 0. The fourth-order valence-corrected chi connectivity index (χ4v) is 2.35. The second-order valence-electron chi connectivity index (χ2n) is 3.14. The summed E-state index contributed by atoms with van der Waals surface area (Å²) in [5.41, 5.74) is 0.996. The van der Waals surface area contributed by atoms with Crippen LogP contribution in [0.4, 0.5) is 0 Å². The summed E-state index contributed by atoms with van der Waals surface area (Å²) < 4.78 is 1.70. The highest BCUT2D eigenvalue weighted by Crippen LogP contribution is 2.22. The first-order valence-corrected chi connectivity index (χ1v) is 6.18. The second-order valence-corrected chi connectivity index (χ2v) is 4.61. The Morgan fingerprint density at radius 2 is 2.19 bits per heavy atom. The first-order chi connectivity index (χ1) is 7.63. The number of nitrogens with zero attached hydrogens (tertiary/aromatic N) is 2. The van der Waals surface area contributed by atoms with Crippen LogP contribution in [0.1, 0.15) is 12.5 Å². The Bertz CT molecular complexity index is 362. The van der Waals surface area contributed by atoms with Crippen molar-refractivity contribution >= 4 is 23.5 Å². The second kappa shape index (κ2) is 6.73. The lowest BCUT2D eigenvalue weighted by atomic mass is 10.2. The molecule has 0 saturated heterocycles. The molecule has 4 nitrogen and oxygen atoms in total. The highest BCUT2D eigenvalue weighted by Gasteiger charge is 2.10. The molecule has 0 amide bonds. The van der Waals surface area contributed by atoms with Crippen LogP contribution in [0.2, 0.25) is 5.02 Å². The van der Waals surface area contributed by atoms with E-state index in [9.17, 15) is 10.1 Å².